The van der Waals surface area contributed by atoms with E-state index in [1.807, 2.05) is 49.3 Å². The standard InChI is InChI=1S/C21H21N3O4S.H3N/c1-21(16-9-13-18(14-10-16)29(26,27)28)19(20(25)22-23-21)6-4-5-15-7-11-17(12-8-15)24(2)3;/h4-14H,1-3H3,(H,26,27,28);1H3. The van der Waals surface area contributed by atoms with Gasteiger partial charge in [0, 0.05) is 19.8 Å². The number of anilines is 1. The number of rotatable bonds is 5. The van der Waals surface area contributed by atoms with Crippen LogP contribution in [-0.2, 0) is 20.5 Å². The Labute approximate surface area is 176 Å². The second-order valence-electron chi connectivity index (χ2n) is 7.00. The molecule has 30 heavy (non-hydrogen) atoms. The maximum Gasteiger partial charge on any atom is 0.294 e. The van der Waals surface area contributed by atoms with Crippen LogP contribution in [0.5, 0.6) is 0 Å². The minimum Gasteiger partial charge on any atom is -0.378 e. The lowest BCUT2D eigenvalue weighted by Gasteiger charge is -2.20. The van der Waals surface area contributed by atoms with Crippen LogP contribution >= 0.6 is 0 Å². The van der Waals surface area contributed by atoms with Gasteiger partial charge in [0.2, 0.25) is 0 Å². The number of carbonyl (C=O) groups is 1. The van der Waals surface area contributed by atoms with Crippen LogP contribution in [0.2, 0.25) is 0 Å². The molecule has 0 bridgehead atoms. The zero-order valence-electron chi connectivity index (χ0n) is 17.0. The summed E-state index contributed by atoms with van der Waals surface area (Å²) in [6.07, 6.45) is 5.30. The molecule has 1 aliphatic heterocycles. The highest BCUT2D eigenvalue weighted by molar-refractivity contribution is 7.85. The first-order valence-corrected chi connectivity index (χ1v) is 10.3. The topological polar surface area (TPSA) is 134 Å². The molecule has 3 rings (SSSR count). The Kier molecular flexibility index (Phi) is 6.71. The van der Waals surface area contributed by atoms with Crippen molar-refractivity contribution < 1.29 is 17.8 Å². The molecule has 0 spiro atoms. The number of carbonyl (C=O) groups excluding carboxylic acids is 1. The van der Waals surface area contributed by atoms with Gasteiger partial charge in [-0.15, -0.1) is 5.11 Å². The van der Waals surface area contributed by atoms with E-state index in [9.17, 15) is 13.2 Å². The van der Waals surface area contributed by atoms with E-state index < -0.39 is 21.6 Å². The molecule has 0 aromatic heterocycles. The van der Waals surface area contributed by atoms with Crippen LogP contribution in [-0.4, -0.2) is 33.0 Å². The number of hydrogen-bond donors (Lipinski definition) is 2. The van der Waals surface area contributed by atoms with Crippen LogP contribution in [0.15, 0.2) is 81.4 Å². The maximum atomic E-state index is 12.2. The Bertz CT molecular complexity index is 1120. The smallest absolute Gasteiger partial charge is 0.294 e. The zero-order chi connectivity index (χ0) is 21.2. The lowest BCUT2D eigenvalue weighted by molar-refractivity contribution is -0.114. The molecule has 1 unspecified atom stereocenters. The summed E-state index contributed by atoms with van der Waals surface area (Å²) in [4.78, 5) is 14.0. The van der Waals surface area contributed by atoms with E-state index in [0.29, 0.717) is 11.1 Å². The average Bonchev–Trinajstić information content (AvgIpc) is 2.97. The molecule has 0 saturated heterocycles. The van der Waals surface area contributed by atoms with Gasteiger partial charge in [0.15, 0.2) is 0 Å². The van der Waals surface area contributed by atoms with E-state index in [1.165, 1.54) is 24.3 Å². The second-order valence-corrected chi connectivity index (χ2v) is 8.42. The number of hydrogen-bond acceptors (Lipinski definition) is 6. The van der Waals surface area contributed by atoms with Crippen molar-refractivity contribution >= 4 is 27.8 Å². The van der Waals surface area contributed by atoms with Crippen LogP contribution in [0.1, 0.15) is 18.1 Å². The monoisotopic (exact) mass is 428 g/mol. The first-order chi connectivity index (χ1) is 13.6. The van der Waals surface area contributed by atoms with E-state index in [-0.39, 0.29) is 11.0 Å². The van der Waals surface area contributed by atoms with Crippen LogP contribution < -0.4 is 11.1 Å². The molecule has 1 heterocycles. The highest BCUT2D eigenvalue weighted by atomic mass is 32.2. The van der Waals surface area contributed by atoms with Gasteiger partial charge in [-0.25, -0.2) is 0 Å². The quantitative estimate of drug-likeness (QED) is 0.546. The minimum absolute atomic E-state index is 0. The largest absolute Gasteiger partial charge is 0.378 e. The highest BCUT2D eigenvalue weighted by Crippen LogP contribution is 2.39. The molecule has 0 fully saturated rings. The third-order valence-electron chi connectivity index (χ3n) is 4.77. The van der Waals surface area contributed by atoms with Gasteiger partial charge in [0.05, 0.1) is 10.5 Å². The summed E-state index contributed by atoms with van der Waals surface area (Å²) in [5.41, 5.74) is 2.00. The number of benzene rings is 2. The molecule has 9 heteroatoms. The fourth-order valence-electron chi connectivity index (χ4n) is 3.00. The molecule has 1 atom stereocenters. The fraction of sp³-hybridized carbons (Fsp3) is 0.190. The van der Waals surface area contributed by atoms with Crippen molar-refractivity contribution in [1.82, 2.24) is 6.15 Å². The maximum absolute atomic E-state index is 12.2. The van der Waals surface area contributed by atoms with Gasteiger partial charge in [-0.2, -0.15) is 13.5 Å². The summed E-state index contributed by atoms with van der Waals surface area (Å²) >= 11 is 0. The first kappa shape index (κ1) is 23.1. The predicted molar refractivity (Wildman–Crippen MR) is 116 cm³/mol. The third-order valence-corrected chi connectivity index (χ3v) is 5.64. The number of azo groups is 1. The van der Waals surface area contributed by atoms with Crippen molar-refractivity contribution in [3.05, 3.63) is 77.4 Å². The Morgan fingerprint density at radius 1 is 1.03 bits per heavy atom. The van der Waals surface area contributed by atoms with Crippen molar-refractivity contribution in [2.45, 2.75) is 17.4 Å². The fourth-order valence-corrected chi connectivity index (χ4v) is 3.48. The average molecular weight is 429 g/mol. The van der Waals surface area contributed by atoms with Crippen LogP contribution in [0.3, 0.4) is 0 Å². The normalized spacial score (nSPS) is 20.0. The number of nitrogens with zero attached hydrogens (tertiary/aromatic N) is 3. The van der Waals surface area contributed by atoms with Gasteiger partial charge in [-0.1, -0.05) is 42.5 Å². The van der Waals surface area contributed by atoms with Crippen molar-refractivity contribution in [3.63, 3.8) is 0 Å². The van der Waals surface area contributed by atoms with Crippen molar-refractivity contribution in [2.75, 3.05) is 19.0 Å². The molecule has 8 nitrogen and oxygen atoms in total. The highest BCUT2D eigenvalue weighted by Gasteiger charge is 2.40. The molecule has 0 radical (unpaired) electrons. The van der Waals surface area contributed by atoms with E-state index in [1.54, 1.807) is 19.1 Å². The molecule has 2 aromatic rings. The van der Waals surface area contributed by atoms with Crippen LogP contribution in [0, 0.1) is 0 Å². The Hall–Kier alpha value is -3.14. The lowest BCUT2D eigenvalue weighted by atomic mass is 9.85. The van der Waals surface area contributed by atoms with E-state index >= 15 is 0 Å². The third kappa shape index (κ3) is 4.70. The van der Waals surface area contributed by atoms with Crippen LogP contribution in [0.4, 0.5) is 5.69 Å². The molecule has 1 amide bonds. The molecule has 158 valence electrons. The van der Waals surface area contributed by atoms with Gasteiger partial charge < -0.3 is 11.1 Å². The van der Waals surface area contributed by atoms with Crippen molar-refractivity contribution in [2.24, 2.45) is 10.2 Å². The van der Waals surface area contributed by atoms with Crippen molar-refractivity contribution in [1.29, 1.82) is 0 Å². The SMILES string of the molecule is CN(C)c1ccc(C=CC=C2C(=O)N=NC2(C)c2ccc(S(=O)(=O)O)cc2)cc1.N. The predicted octanol–water partition coefficient (Wildman–Crippen LogP) is 4.01. The number of amides is 1. The van der Waals surface area contributed by atoms with Gasteiger partial charge in [-0.3, -0.25) is 9.35 Å². The Morgan fingerprint density at radius 3 is 2.17 bits per heavy atom. The lowest BCUT2D eigenvalue weighted by Crippen LogP contribution is -2.21. The van der Waals surface area contributed by atoms with Gasteiger partial charge in [0.1, 0.15) is 5.54 Å². The molecular weight excluding hydrogens is 404 g/mol. The van der Waals surface area contributed by atoms with Gasteiger partial charge in [0.25, 0.3) is 16.0 Å². The summed E-state index contributed by atoms with van der Waals surface area (Å²) in [6.45, 7) is 1.73. The second kappa shape index (κ2) is 8.70. The van der Waals surface area contributed by atoms with E-state index in [4.69, 9.17) is 4.55 Å². The first-order valence-electron chi connectivity index (χ1n) is 8.83. The summed E-state index contributed by atoms with van der Waals surface area (Å²) in [5.74, 6) is -0.445. The van der Waals surface area contributed by atoms with Crippen molar-refractivity contribution in [3.8, 4) is 0 Å². The minimum atomic E-state index is -4.29. The molecule has 4 N–H and O–H groups in total. The van der Waals surface area contributed by atoms with Gasteiger partial charge in [-0.05, 0) is 42.3 Å². The summed E-state index contributed by atoms with van der Waals surface area (Å²) in [5, 5.41) is 7.79. The molecular formula is C21H24N4O4S. The Balaban J connectivity index is 0.00000320. The Morgan fingerprint density at radius 2 is 1.63 bits per heavy atom. The zero-order valence-corrected chi connectivity index (χ0v) is 17.8. The van der Waals surface area contributed by atoms with E-state index in [2.05, 4.69) is 10.2 Å². The molecule has 2 aromatic carbocycles. The van der Waals surface area contributed by atoms with Crippen LogP contribution in [0.25, 0.3) is 6.08 Å². The molecule has 1 aliphatic rings. The van der Waals surface area contributed by atoms with E-state index in [0.717, 1.165) is 11.3 Å². The summed E-state index contributed by atoms with van der Waals surface area (Å²) < 4.78 is 31.6. The van der Waals surface area contributed by atoms with Gasteiger partial charge >= 0.3 is 0 Å². The molecule has 0 saturated carbocycles. The molecule has 0 aliphatic carbocycles. The number of allylic oxidation sites excluding steroid dienone is 2. The summed E-state index contributed by atoms with van der Waals surface area (Å²) in [7, 11) is -0.351. The summed E-state index contributed by atoms with van der Waals surface area (Å²) in [6, 6.07) is 13.5.